The van der Waals surface area contributed by atoms with E-state index in [1.54, 1.807) is 0 Å². The van der Waals surface area contributed by atoms with Crippen LogP contribution < -0.4 is 11.2 Å². The summed E-state index contributed by atoms with van der Waals surface area (Å²) in [5.74, 6) is 0. The minimum absolute atomic E-state index is 0.121. The van der Waals surface area contributed by atoms with Crippen LogP contribution in [0.4, 0.5) is 0 Å². The van der Waals surface area contributed by atoms with Crippen molar-refractivity contribution in [3.8, 4) is 0 Å². The maximum atomic E-state index is 11.7. The molecule has 1 fully saturated rings. The van der Waals surface area contributed by atoms with E-state index in [2.05, 4.69) is 18.1 Å². The molecule has 1 aliphatic rings. The Kier molecular flexibility index (Phi) is 6.78. The number of hydrogen-bond acceptors (Lipinski definition) is 9. The number of aromatic nitrogens is 2. The fourth-order valence-corrected chi connectivity index (χ4v) is 5.25. The third-order valence-electron chi connectivity index (χ3n) is 3.14. The average Bonchev–Trinajstić information content (AvgIpc) is 2.90. The van der Waals surface area contributed by atoms with Gasteiger partial charge in [0.15, 0.2) is 0 Å². The highest BCUT2D eigenvalue weighted by atomic mass is 31.3. The second kappa shape index (κ2) is 8.19. The van der Waals surface area contributed by atoms with E-state index in [1.165, 1.54) is 0 Å². The van der Waals surface area contributed by atoms with Gasteiger partial charge in [-0.25, -0.2) is 18.5 Å². The molecule has 1 aliphatic heterocycles. The summed E-state index contributed by atoms with van der Waals surface area (Å²) in [6, 6.07) is 0. The van der Waals surface area contributed by atoms with E-state index in [9.17, 15) is 28.2 Å². The van der Waals surface area contributed by atoms with Gasteiger partial charge in [0.2, 0.25) is 0 Å². The maximum Gasteiger partial charge on any atom is 0.490 e. The van der Waals surface area contributed by atoms with Crippen LogP contribution in [-0.2, 0) is 31.6 Å². The molecule has 0 spiro atoms. The third kappa shape index (κ3) is 7.18. The van der Waals surface area contributed by atoms with E-state index < -0.39 is 53.5 Å². The molecule has 6 N–H and O–H groups in total. The molecule has 18 heteroatoms. The smallest absolute Gasteiger partial charge is 0.368 e. The summed E-state index contributed by atoms with van der Waals surface area (Å²) in [5, 5.41) is 0. The first kappa shape index (κ1) is 22.3. The number of rotatable bonds is 8. The van der Waals surface area contributed by atoms with Crippen molar-refractivity contribution >= 4 is 23.5 Å². The van der Waals surface area contributed by atoms with Crippen LogP contribution in [0.5, 0.6) is 0 Å². The molecule has 0 aliphatic carbocycles. The van der Waals surface area contributed by atoms with Crippen LogP contribution in [-0.4, -0.2) is 42.3 Å². The normalized spacial score (nSPS) is 25.0. The number of H-pyrrole nitrogens is 2. The number of phosphoric ester groups is 1. The average molecular weight is 452 g/mol. The zero-order chi connectivity index (χ0) is 20.5. The zero-order valence-corrected chi connectivity index (χ0v) is 15.8. The van der Waals surface area contributed by atoms with Gasteiger partial charge in [-0.15, -0.1) is 0 Å². The molecular formula is C9H15N2O13P3. The standard InChI is InChI=1S/C9H15N2O13P3/c12-8-6(3-10-9(13)11-8)7-2-1-5(22-7)4-21-26(17,18)24-27(19,20)23-25(14,15)16/h3,5,7H,1-2,4H2,(H,17,18)(H,19,20)(H2,14,15,16)(H2,10,11,12,13)/t5-,7+/m0/s1. The second-order valence-corrected chi connectivity index (χ2v) is 9.66. The first-order valence-corrected chi connectivity index (χ1v) is 11.5. The van der Waals surface area contributed by atoms with E-state index in [-0.39, 0.29) is 12.0 Å². The molecule has 2 rings (SSSR count). The highest BCUT2D eigenvalue weighted by molar-refractivity contribution is 7.66. The van der Waals surface area contributed by atoms with Gasteiger partial charge >= 0.3 is 29.2 Å². The van der Waals surface area contributed by atoms with Crippen molar-refractivity contribution in [1.29, 1.82) is 0 Å². The molecule has 27 heavy (non-hydrogen) atoms. The van der Waals surface area contributed by atoms with Crippen molar-refractivity contribution in [2.75, 3.05) is 6.61 Å². The number of phosphoric acid groups is 3. The lowest BCUT2D eigenvalue weighted by atomic mass is 10.1. The summed E-state index contributed by atoms with van der Waals surface area (Å²) in [7, 11) is -16.3. The largest absolute Gasteiger partial charge is 0.490 e. The Morgan fingerprint density at radius 1 is 1.07 bits per heavy atom. The Balaban J connectivity index is 1.92. The van der Waals surface area contributed by atoms with Crippen LogP contribution >= 0.6 is 23.5 Å². The summed E-state index contributed by atoms with van der Waals surface area (Å²) in [6.07, 6.45) is 0.182. The Morgan fingerprint density at radius 2 is 1.74 bits per heavy atom. The van der Waals surface area contributed by atoms with Crippen molar-refractivity contribution in [2.24, 2.45) is 0 Å². The van der Waals surface area contributed by atoms with Crippen LogP contribution in [0.25, 0.3) is 0 Å². The number of hydrogen-bond donors (Lipinski definition) is 6. The molecule has 0 saturated carbocycles. The molecule has 0 bridgehead atoms. The van der Waals surface area contributed by atoms with E-state index in [4.69, 9.17) is 19.4 Å². The van der Waals surface area contributed by atoms with Crippen LogP contribution in [0.15, 0.2) is 15.8 Å². The second-order valence-electron chi connectivity index (χ2n) is 5.24. The van der Waals surface area contributed by atoms with E-state index in [0.717, 1.165) is 6.20 Å². The van der Waals surface area contributed by atoms with Gasteiger partial charge in [-0.3, -0.25) is 14.3 Å². The topological polar surface area (TPSA) is 235 Å². The molecule has 0 aromatic carbocycles. The summed E-state index contributed by atoms with van der Waals surface area (Å²) in [4.78, 5) is 62.2. The maximum absolute atomic E-state index is 11.7. The van der Waals surface area contributed by atoms with Gasteiger partial charge in [0.25, 0.3) is 5.56 Å². The molecule has 1 saturated heterocycles. The monoisotopic (exact) mass is 452 g/mol. The van der Waals surface area contributed by atoms with Gasteiger partial charge in [0.1, 0.15) is 0 Å². The van der Waals surface area contributed by atoms with Gasteiger partial charge in [0, 0.05) is 6.20 Å². The van der Waals surface area contributed by atoms with Crippen molar-refractivity contribution in [1.82, 2.24) is 9.97 Å². The minimum Gasteiger partial charge on any atom is -0.368 e. The van der Waals surface area contributed by atoms with Gasteiger partial charge in [-0.05, 0) is 12.8 Å². The number of nitrogens with one attached hydrogen (secondary N) is 2. The fourth-order valence-electron chi connectivity index (χ4n) is 2.20. The Hall–Kier alpha value is -0.950. The molecule has 0 radical (unpaired) electrons. The molecule has 4 atom stereocenters. The number of ether oxygens (including phenoxy) is 1. The van der Waals surface area contributed by atoms with Crippen molar-refractivity contribution in [3.05, 3.63) is 32.6 Å². The number of aromatic amines is 2. The predicted octanol–water partition coefficient (Wildman–Crippen LogP) is -0.373. The minimum atomic E-state index is -5.59. The Morgan fingerprint density at radius 3 is 2.33 bits per heavy atom. The lowest BCUT2D eigenvalue weighted by Gasteiger charge is -2.18. The first-order valence-electron chi connectivity index (χ1n) is 7.02. The molecule has 1 aromatic heterocycles. The van der Waals surface area contributed by atoms with Gasteiger partial charge < -0.3 is 29.3 Å². The molecule has 154 valence electrons. The van der Waals surface area contributed by atoms with Crippen LogP contribution in [0.1, 0.15) is 24.5 Å². The highest BCUT2D eigenvalue weighted by Gasteiger charge is 2.41. The summed E-state index contributed by atoms with van der Waals surface area (Å²) >= 11 is 0. The molecule has 0 amide bonds. The molecule has 2 unspecified atom stereocenters. The molecule has 1 aromatic rings. The SMILES string of the molecule is O=c1[nH]cc([C@H]2CC[C@@H](COP(=O)(O)OP(=O)(O)OP(=O)(O)O)O2)c(=O)[nH]1. The summed E-state index contributed by atoms with van der Waals surface area (Å²) in [6.45, 7) is -0.610. The van der Waals surface area contributed by atoms with Crippen LogP contribution in [0, 0.1) is 0 Å². The van der Waals surface area contributed by atoms with E-state index >= 15 is 0 Å². The lowest BCUT2D eigenvalue weighted by Crippen LogP contribution is -2.26. The van der Waals surface area contributed by atoms with Crippen molar-refractivity contribution in [3.63, 3.8) is 0 Å². The quantitative estimate of drug-likeness (QED) is 0.276. The van der Waals surface area contributed by atoms with E-state index in [1.807, 2.05) is 4.98 Å². The first-order chi connectivity index (χ1) is 12.3. The third-order valence-corrected chi connectivity index (χ3v) is 6.94. The van der Waals surface area contributed by atoms with Crippen molar-refractivity contribution < 1.29 is 51.2 Å². The zero-order valence-electron chi connectivity index (χ0n) is 13.2. The molecular weight excluding hydrogens is 437 g/mol. The van der Waals surface area contributed by atoms with Crippen LogP contribution in [0.3, 0.4) is 0 Å². The molecule has 2 heterocycles. The molecule has 15 nitrogen and oxygen atoms in total. The fraction of sp³-hybridized carbons (Fsp3) is 0.556. The van der Waals surface area contributed by atoms with Gasteiger partial charge in [-0.1, -0.05) is 0 Å². The summed E-state index contributed by atoms with van der Waals surface area (Å²) < 4.78 is 50.4. The Labute approximate surface area is 149 Å². The van der Waals surface area contributed by atoms with Gasteiger partial charge in [-0.2, -0.15) is 8.62 Å². The highest BCUT2D eigenvalue weighted by Crippen LogP contribution is 2.66. The van der Waals surface area contributed by atoms with E-state index in [0.29, 0.717) is 6.42 Å². The predicted molar refractivity (Wildman–Crippen MR) is 84.3 cm³/mol. The Bertz CT molecular complexity index is 933. The van der Waals surface area contributed by atoms with Crippen LogP contribution in [0.2, 0.25) is 0 Å². The lowest BCUT2D eigenvalue weighted by molar-refractivity contribution is 0.00935. The summed E-state index contributed by atoms with van der Waals surface area (Å²) in [5.41, 5.74) is -1.25. The van der Waals surface area contributed by atoms with Gasteiger partial charge in [0.05, 0.1) is 24.4 Å². The van der Waals surface area contributed by atoms with Crippen molar-refractivity contribution in [2.45, 2.75) is 25.0 Å².